The summed E-state index contributed by atoms with van der Waals surface area (Å²) in [4.78, 5) is 28.2. The highest BCUT2D eigenvalue weighted by Gasteiger charge is 2.27. The first-order chi connectivity index (χ1) is 13.7. The molecule has 0 saturated carbocycles. The molecule has 1 aromatic rings. The number of hydrogen-bond donors (Lipinski definition) is 1. The Morgan fingerprint density at radius 3 is 2.48 bits per heavy atom. The fourth-order valence-corrected chi connectivity index (χ4v) is 5.48. The Kier molecular flexibility index (Phi) is 6.63. The predicted octanol–water partition coefficient (Wildman–Crippen LogP) is 2.16. The van der Waals surface area contributed by atoms with E-state index >= 15 is 0 Å². The minimum atomic E-state index is -3.70. The third kappa shape index (κ3) is 4.98. The minimum absolute atomic E-state index is 0.00577. The molecule has 1 saturated heterocycles. The van der Waals surface area contributed by atoms with Crippen molar-refractivity contribution < 1.29 is 18.0 Å². The molecule has 1 aromatic carbocycles. The van der Waals surface area contributed by atoms with Crippen molar-refractivity contribution in [2.45, 2.75) is 51.3 Å². The van der Waals surface area contributed by atoms with Gasteiger partial charge < -0.3 is 9.80 Å². The first-order valence-corrected chi connectivity index (χ1v) is 11.9. The van der Waals surface area contributed by atoms with Gasteiger partial charge in [-0.15, -0.1) is 0 Å². The van der Waals surface area contributed by atoms with Crippen LogP contribution in [0.1, 0.15) is 45.6 Å². The molecule has 2 aliphatic heterocycles. The standard InChI is InChI=1S/C21H31N3O4S/c1-4-20(25)24-10-8-17-12-18(5-6-19(17)24)29(27,28)22-9-7-21(26)23-13-15(2)11-16(3)14-23/h5-6,12,15-16,22H,4,7-11,13-14H2,1-3H3/t15-,16-/m0/s1. The van der Waals surface area contributed by atoms with E-state index in [0.29, 0.717) is 31.2 Å². The second kappa shape index (κ2) is 8.83. The zero-order valence-electron chi connectivity index (χ0n) is 17.5. The molecule has 29 heavy (non-hydrogen) atoms. The lowest BCUT2D eigenvalue weighted by Gasteiger charge is -2.35. The van der Waals surface area contributed by atoms with Crippen LogP contribution in [0.2, 0.25) is 0 Å². The quantitative estimate of drug-likeness (QED) is 0.763. The van der Waals surface area contributed by atoms with Crippen molar-refractivity contribution in [3.8, 4) is 0 Å². The largest absolute Gasteiger partial charge is 0.342 e. The third-order valence-electron chi connectivity index (χ3n) is 5.71. The van der Waals surface area contributed by atoms with Crippen LogP contribution in [0.4, 0.5) is 5.69 Å². The molecule has 2 amide bonds. The van der Waals surface area contributed by atoms with Gasteiger partial charge in [-0.3, -0.25) is 9.59 Å². The Hall–Kier alpha value is -1.93. The van der Waals surface area contributed by atoms with Crippen molar-refractivity contribution in [1.29, 1.82) is 0 Å². The molecule has 2 aliphatic rings. The SMILES string of the molecule is CCC(=O)N1CCc2cc(S(=O)(=O)NCCC(=O)N3C[C@@H](C)C[C@H](C)C3)ccc21. The molecule has 2 heterocycles. The summed E-state index contributed by atoms with van der Waals surface area (Å²) in [6.45, 7) is 8.25. The van der Waals surface area contributed by atoms with E-state index < -0.39 is 10.0 Å². The van der Waals surface area contributed by atoms with Gasteiger partial charge in [0.05, 0.1) is 4.90 Å². The fourth-order valence-electron chi connectivity index (χ4n) is 4.40. The second-order valence-electron chi connectivity index (χ2n) is 8.33. The number of nitrogens with zero attached hydrogens (tertiary/aromatic N) is 2. The lowest BCUT2D eigenvalue weighted by Crippen LogP contribution is -2.43. The number of nitrogens with one attached hydrogen (secondary N) is 1. The van der Waals surface area contributed by atoms with E-state index in [1.54, 1.807) is 17.0 Å². The van der Waals surface area contributed by atoms with E-state index in [1.165, 1.54) is 6.07 Å². The van der Waals surface area contributed by atoms with Gasteiger partial charge in [0.25, 0.3) is 0 Å². The van der Waals surface area contributed by atoms with Crippen molar-refractivity contribution >= 4 is 27.5 Å². The van der Waals surface area contributed by atoms with Crippen LogP contribution in [0.3, 0.4) is 0 Å². The number of amides is 2. The van der Waals surface area contributed by atoms with E-state index in [9.17, 15) is 18.0 Å². The summed E-state index contributed by atoms with van der Waals surface area (Å²) in [7, 11) is -3.70. The lowest BCUT2D eigenvalue weighted by molar-refractivity contribution is -0.133. The molecule has 1 fully saturated rings. The predicted molar refractivity (Wildman–Crippen MR) is 112 cm³/mol. The van der Waals surface area contributed by atoms with E-state index in [2.05, 4.69) is 18.6 Å². The Bertz CT molecular complexity index is 874. The number of likely N-dealkylation sites (tertiary alicyclic amines) is 1. The number of benzene rings is 1. The van der Waals surface area contributed by atoms with Gasteiger partial charge in [-0.2, -0.15) is 0 Å². The maximum Gasteiger partial charge on any atom is 0.240 e. The first kappa shape index (κ1) is 21.8. The van der Waals surface area contributed by atoms with Crippen LogP contribution in [-0.2, 0) is 26.0 Å². The molecule has 3 rings (SSSR count). The molecule has 7 nitrogen and oxygen atoms in total. The van der Waals surface area contributed by atoms with Crippen molar-refractivity contribution in [2.24, 2.45) is 11.8 Å². The van der Waals surface area contributed by atoms with Crippen molar-refractivity contribution in [1.82, 2.24) is 9.62 Å². The first-order valence-electron chi connectivity index (χ1n) is 10.4. The lowest BCUT2D eigenvalue weighted by atomic mass is 9.92. The Morgan fingerprint density at radius 2 is 1.83 bits per heavy atom. The van der Waals surface area contributed by atoms with Crippen LogP contribution in [0, 0.1) is 11.8 Å². The number of sulfonamides is 1. The molecule has 0 radical (unpaired) electrons. The van der Waals surface area contributed by atoms with E-state index in [1.807, 2.05) is 11.8 Å². The Morgan fingerprint density at radius 1 is 1.14 bits per heavy atom. The molecule has 8 heteroatoms. The average molecular weight is 422 g/mol. The number of carbonyl (C=O) groups is 2. The summed E-state index contributed by atoms with van der Waals surface area (Å²) < 4.78 is 27.8. The van der Waals surface area contributed by atoms with Crippen LogP contribution in [0.15, 0.2) is 23.1 Å². The monoisotopic (exact) mass is 421 g/mol. The summed E-state index contributed by atoms with van der Waals surface area (Å²) in [5.41, 5.74) is 1.65. The van der Waals surface area contributed by atoms with E-state index in [0.717, 1.165) is 30.8 Å². The molecule has 1 N–H and O–H groups in total. The van der Waals surface area contributed by atoms with Crippen molar-refractivity contribution in [3.05, 3.63) is 23.8 Å². The van der Waals surface area contributed by atoms with E-state index in [4.69, 9.17) is 0 Å². The highest BCUT2D eigenvalue weighted by atomic mass is 32.2. The zero-order chi connectivity index (χ0) is 21.2. The van der Waals surface area contributed by atoms with Crippen LogP contribution in [0.25, 0.3) is 0 Å². The third-order valence-corrected chi connectivity index (χ3v) is 7.17. The highest BCUT2D eigenvalue weighted by Crippen LogP contribution is 2.30. The van der Waals surface area contributed by atoms with Gasteiger partial charge >= 0.3 is 0 Å². The average Bonchev–Trinajstić information content (AvgIpc) is 3.09. The molecule has 0 unspecified atom stereocenters. The smallest absolute Gasteiger partial charge is 0.240 e. The molecule has 2 atom stereocenters. The number of rotatable bonds is 6. The summed E-state index contributed by atoms with van der Waals surface area (Å²) >= 11 is 0. The van der Waals surface area contributed by atoms with Crippen LogP contribution < -0.4 is 9.62 Å². The number of piperidine rings is 1. The number of fused-ring (bicyclic) bond motifs is 1. The van der Waals surface area contributed by atoms with Crippen LogP contribution in [0.5, 0.6) is 0 Å². The van der Waals surface area contributed by atoms with Gasteiger partial charge in [0, 0.05) is 44.7 Å². The normalized spacial score (nSPS) is 21.9. The fraction of sp³-hybridized carbons (Fsp3) is 0.619. The molecule has 0 spiro atoms. The minimum Gasteiger partial charge on any atom is -0.342 e. The molecular weight excluding hydrogens is 390 g/mol. The number of hydrogen-bond acceptors (Lipinski definition) is 4. The van der Waals surface area contributed by atoms with Gasteiger partial charge in [0.1, 0.15) is 0 Å². The van der Waals surface area contributed by atoms with Gasteiger partial charge in [0.15, 0.2) is 0 Å². The van der Waals surface area contributed by atoms with Crippen molar-refractivity contribution in [2.75, 3.05) is 31.1 Å². The summed E-state index contributed by atoms with van der Waals surface area (Å²) in [6, 6.07) is 4.86. The van der Waals surface area contributed by atoms with Gasteiger partial charge in [0.2, 0.25) is 21.8 Å². The summed E-state index contributed by atoms with van der Waals surface area (Å²) in [6.07, 6.45) is 2.34. The summed E-state index contributed by atoms with van der Waals surface area (Å²) in [5, 5.41) is 0. The van der Waals surface area contributed by atoms with E-state index in [-0.39, 0.29) is 29.7 Å². The van der Waals surface area contributed by atoms with Crippen LogP contribution >= 0.6 is 0 Å². The van der Waals surface area contributed by atoms with Gasteiger partial charge in [-0.25, -0.2) is 13.1 Å². The Labute approximate surface area is 173 Å². The molecule has 160 valence electrons. The number of anilines is 1. The topological polar surface area (TPSA) is 86.8 Å². The zero-order valence-corrected chi connectivity index (χ0v) is 18.3. The summed E-state index contributed by atoms with van der Waals surface area (Å²) in [5.74, 6) is 0.987. The molecule has 0 aromatic heterocycles. The second-order valence-corrected chi connectivity index (χ2v) is 10.1. The van der Waals surface area contributed by atoms with Gasteiger partial charge in [-0.05, 0) is 48.4 Å². The highest BCUT2D eigenvalue weighted by molar-refractivity contribution is 7.89. The van der Waals surface area contributed by atoms with Crippen LogP contribution in [-0.4, -0.2) is 51.3 Å². The molecular formula is C21H31N3O4S. The maximum absolute atomic E-state index is 12.6. The maximum atomic E-state index is 12.6. The molecule has 0 bridgehead atoms. The number of carbonyl (C=O) groups excluding carboxylic acids is 2. The van der Waals surface area contributed by atoms with Crippen molar-refractivity contribution in [3.63, 3.8) is 0 Å². The van der Waals surface area contributed by atoms with Gasteiger partial charge in [-0.1, -0.05) is 20.8 Å². The molecule has 0 aliphatic carbocycles. The Balaban J connectivity index is 1.59.